The summed E-state index contributed by atoms with van der Waals surface area (Å²) in [6.07, 6.45) is 4.22. The van der Waals surface area contributed by atoms with E-state index < -0.39 is 0 Å². The van der Waals surface area contributed by atoms with E-state index in [2.05, 4.69) is 22.1 Å². The number of rotatable bonds is 4. The molecule has 1 fully saturated rings. The monoisotopic (exact) mass is 294 g/mol. The van der Waals surface area contributed by atoms with E-state index in [4.69, 9.17) is 4.74 Å². The molecule has 2 aliphatic rings. The number of amides is 1. The van der Waals surface area contributed by atoms with Gasteiger partial charge in [0.2, 0.25) is 5.91 Å². The lowest BCUT2D eigenvalue weighted by Gasteiger charge is -2.31. The van der Waals surface area contributed by atoms with Crippen LogP contribution in [0.15, 0.2) is 11.4 Å². The van der Waals surface area contributed by atoms with Gasteiger partial charge in [-0.25, -0.2) is 0 Å². The standard InChI is InChI=1S/C15H22N2O2S/c1-19-10-15(6-7-16-9-15)14(18)17-12-3-2-4-13-11(12)5-8-20-13/h5,8,12,16H,2-4,6-7,9-10H2,1H3,(H,17,18). The van der Waals surface area contributed by atoms with Crippen molar-refractivity contribution in [2.75, 3.05) is 26.8 Å². The number of carbonyl (C=O) groups excluding carboxylic acids is 1. The van der Waals surface area contributed by atoms with Crippen LogP contribution in [0.3, 0.4) is 0 Å². The highest BCUT2D eigenvalue weighted by atomic mass is 32.1. The predicted octanol–water partition coefficient (Wildman–Crippen LogP) is 1.87. The Morgan fingerprint density at radius 2 is 2.55 bits per heavy atom. The average Bonchev–Trinajstić information content (AvgIpc) is 3.08. The summed E-state index contributed by atoms with van der Waals surface area (Å²) in [6, 6.07) is 2.35. The van der Waals surface area contributed by atoms with Gasteiger partial charge in [0.25, 0.3) is 0 Å². The summed E-state index contributed by atoms with van der Waals surface area (Å²) in [5, 5.41) is 8.70. The van der Waals surface area contributed by atoms with Gasteiger partial charge in [-0.05, 0) is 49.2 Å². The summed E-state index contributed by atoms with van der Waals surface area (Å²) < 4.78 is 5.30. The van der Waals surface area contributed by atoms with E-state index in [1.807, 2.05) is 11.3 Å². The van der Waals surface area contributed by atoms with E-state index in [1.54, 1.807) is 7.11 Å². The van der Waals surface area contributed by atoms with Crippen molar-refractivity contribution in [2.24, 2.45) is 5.41 Å². The lowest BCUT2D eigenvalue weighted by Crippen LogP contribution is -2.47. The Balaban J connectivity index is 1.73. The molecule has 0 bridgehead atoms. The summed E-state index contributed by atoms with van der Waals surface area (Å²) in [5.41, 5.74) is 0.940. The van der Waals surface area contributed by atoms with Crippen LogP contribution in [0.2, 0.25) is 0 Å². The van der Waals surface area contributed by atoms with Gasteiger partial charge in [0, 0.05) is 18.5 Å². The molecule has 1 aromatic rings. The zero-order valence-corrected chi connectivity index (χ0v) is 12.7. The van der Waals surface area contributed by atoms with Crippen molar-refractivity contribution in [2.45, 2.75) is 31.7 Å². The molecule has 1 aliphatic heterocycles. The van der Waals surface area contributed by atoms with Crippen LogP contribution >= 0.6 is 11.3 Å². The maximum Gasteiger partial charge on any atom is 0.230 e. The van der Waals surface area contributed by atoms with Crippen LogP contribution in [-0.2, 0) is 16.0 Å². The molecule has 3 rings (SSSR count). The molecule has 1 amide bonds. The van der Waals surface area contributed by atoms with Gasteiger partial charge in [0.15, 0.2) is 0 Å². The van der Waals surface area contributed by atoms with Crippen LogP contribution in [0, 0.1) is 5.41 Å². The first kappa shape index (κ1) is 14.0. The summed E-state index contributed by atoms with van der Waals surface area (Å²) in [5.74, 6) is 0.147. The van der Waals surface area contributed by atoms with Crippen LogP contribution in [0.1, 0.15) is 35.7 Å². The van der Waals surface area contributed by atoms with Crippen molar-refractivity contribution in [1.29, 1.82) is 0 Å². The first-order chi connectivity index (χ1) is 9.75. The second-order valence-electron chi connectivity index (χ2n) is 5.86. The lowest BCUT2D eigenvalue weighted by atomic mass is 9.85. The molecule has 110 valence electrons. The third-order valence-electron chi connectivity index (χ3n) is 4.50. The molecule has 20 heavy (non-hydrogen) atoms. The van der Waals surface area contributed by atoms with Crippen LogP contribution in [0.5, 0.6) is 0 Å². The van der Waals surface area contributed by atoms with Gasteiger partial charge >= 0.3 is 0 Å². The second-order valence-corrected chi connectivity index (χ2v) is 6.86. The van der Waals surface area contributed by atoms with Gasteiger partial charge in [0.1, 0.15) is 0 Å². The molecule has 2 N–H and O–H groups in total. The maximum absolute atomic E-state index is 12.7. The molecule has 0 radical (unpaired) electrons. The molecule has 2 heterocycles. The Kier molecular flexibility index (Phi) is 4.10. The van der Waals surface area contributed by atoms with Gasteiger partial charge in [-0.3, -0.25) is 4.79 Å². The van der Waals surface area contributed by atoms with Gasteiger partial charge in [-0.15, -0.1) is 11.3 Å². The molecule has 1 saturated heterocycles. The minimum absolute atomic E-state index is 0.147. The number of nitrogens with one attached hydrogen (secondary N) is 2. The molecule has 1 aliphatic carbocycles. The fourth-order valence-corrected chi connectivity index (χ4v) is 4.34. The average molecular weight is 294 g/mol. The normalized spacial score (nSPS) is 29.1. The van der Waals surface area contributed by atoms with Crippen molar-refractivity contribution in [3.63, 3.8) is 0 Å². The number of hydrogen-bond acceptors (Lipinski definition) is 4. The molecule has 2 unspecified atom stereocenters. The minimum Gasteiger partial charge on any atom is -0.384 e. The predicted molar refractivity (Wildman–Crippen MR) is 79.9 cm³/mol. The van der Waals surface area contributed by atoms with E-state index in [0.29, 0.717) is 6.61 Å². The van der Waals surface area contributed by atoms with E-state index in [0.717, 1.165) is 38.8 Å². The zero-order chi connectivity index (χ0) is 14.0. The Morgan fingerprint density at radius 3 is 3.30 bits per heavy atom. The third-order valence-corrected chi connectivity index (χ3v) is 5.50. The number of methoxy groups -OCH3 is 1. The number of carbonyl (C=O) groups is 1. The van der Waals surface area contributed by atoms with E-state index >= 15 is 0 Å². The minimum atomic E-state index is -0.387. The fraction of sp³-hybridized carbons (Fsp3) is 0.667. The Labute approximate surface area is 123 Å². The van der Waals surface area contributed by atoms with Crippen LogP contribution in [0.4, 0.5) is 0 Å². The molecule has 4 nitrogen and oxygen atoms in total. The topological polar surface area (TPSA) is 50.4 Å². The van der Waals surface area contributed by atoms with Gasteiger partial charge in [-0.2, -0.15) is 0 Å². The molecular weight excluding hydrogens is 272 g/mol. The number of fused-ring (bicyclic) bond motifs is 1. The molecule has 0 saturated carbocycles. The van der Waals surface area contributed by atoms with Crippen molar-refractivity contribution in [3.8, 4) is 0 Å². The van der Waals surface area contributed by atoms with Crippen LogP contribution in [0.25, 0.3) is 0 Å². The number of hydrogen-bond donors (Lipinski definition) is 2. The van der Waals surface area contributed by atoms with Crippen LogP contribution in [-0.4, -0.2) is 32.7 Å². The van der Waals surface area contributed by atoms with Gasteiger partial charge < -0.3 is 15.4 Å². The molecule has 0 spiro atoms. The van der Waals surface area contributed by atoms with E-state index in [1.165, 1.54) is 10.4 Å². The third kappa shape index (κ3) is 2.50. The van der Waals surface area contributed by atoms with Gasteiger partial charge in [-0.1, -0.05) is 0 Å². The Morgan fingerprint density at radius 1 is 1.65 bits per heavy atom. The summed E-state index contributed by atoms with van der Waals surface area (Å²) >= 11 is 1.81. The van der Waals surface area contributed by atoms with Crippen LogP contribution < -0.4 is 10.6 Å². The number of ether oxygens (including phenoxy) is 1. The Bertz CT molecular complexity index is 480. The maximum atomic E-state index is 12.7. The highest BCUT2D eigenvalue weighted by Gasteiger charge is 2.42. The number of aryl methyl sites for hydroxylation is 1. The number of thiophene rings is 1. The molecule has 0 aromatic carbocycles. The van der Waals surface area contributed by atoms with Crippen molar-refractivity contribution in [1.82, 2.24) is 10.6 Å². The summed E-state index contributed by atoms with van der Waals surface area (Å²) in [6.45, 7) is 2.11. The largest absolute Gasteiger partial charge is 0.384 e. The lowest BCUT2D eigenvalue weighted by molar-refractivity contribution is -0.133. The molecule has 1 aromatic heterocycles. The molecule has 2 atom stereocenters. The first-order valence-electron chi connectivity index (χ1n) is 7.32. The van der Waals surface area contributed by atoms with Crippen molar-refractivity contribution >= 4 is 17.2 Å². The fourth-order valence-electron chi connectivity index (χ4n) is 3.35. The molecule has 5 heteroatoms. The van der Waals surface area contributed by atoms with E-state index in [-0.39, 0.29) is 17.4 Å². The van der Waals surface area contributed by atoms with E-state index in [9.17, 15) is 4.79 Å². The zero-order valence-electron chi connectivity index (χ0n) is 11.9. The van der Waals surface area contributed by atoms with Crippen molar-refractivity contribution in [3.05, 3.63) is 21.9 Å². The SMILES string of the molecule is COCC1(C(=O)NC2CCCc3sccc32)CCNC1. The van der Waals surface area contributed by atoms with Crippen molar-refractivity contribution < 1.29 is 9.53 Å². The highest BCUT2D eigenvalue weighted by molar-refractivity contribution is 7.10. The summed E-state index contributed by atoms with van der Waals surface area (Å²) in [4.78, 5) is 14.2. The highest BCUT2D eigenvalue weighted by Crippen LogP contribution is 2.35. The summed E-state index contributed by atoms with van der Waals surface area (Å²) in [7, 11) is 1.67. The quantitative estimate of drug-likeness (QED) is 0.891. The Hall–Kier alpha value is -0.910. The first-order valence-corrected chi connectivity index (χ1v) is 8.20. The van der Waals surface area contributed by atoms with Gasteiger partial charge in [0.05, 0.1) is 18.1 Å². The smallest absolute Gasteiger partial charge is 0.230 e. The second kappa shape index (κ2) is 5.84. The molecular formula is C15H22N2O2S.